The number of nitrogens with zero attached hydrogens (tertiary/aromatic N) is 2. The van der Waals surface area contributed by atoms with Gasteiger partial charge < -0.3 is 18.8 Å². The molecule has 1 fully saturated rings. The monoisotopic (exact) mass is 478 g/mol. The van der Waals surface area contributed by atoms with Crippen LogP contribution in [0.15, 0.2) is 46.9 Å². The molecular formula is C28H34N2O5. The van der Waals surface area contributed by atoms with Crippen LogP contribution in [0.3, 0.4) is 0 Å². The van der Waals surface area contributed by atoms with E-state index in [-0.39, 0.29) is 30.5 Å². The Kier molecular flexibility index (Phi) is 8.06. The molecule has 1 aromatic heterocycles. The lowest BCUT2D eigenvalue weighted by molar-refractivity contribution is -0.150. The molecule has 4 rings (SSSR count). The maximum Gasteiger partial charge on any atom is 0.409 e. The van der Waals surface area contributed by atoms with E-state index in [1.54, 1.807) is 4.90 Å². The number of rotatable bonds is 8. The summed E-state index contributed by atoms with van der Waals surface area (Å²) in [4.78, 5) is 31.2. The lowest BCUT2D eigenvalue weighted by Crippen LogP contribution is -2.42. The quantitative estimate of drug-likeness (QED) is 0.382. The summed E-state index contributed by atoms with van der Waals surface area (Å²) in [6, 6.07) is 14.3. The number of hydrogen-bond acceptors (Lipinski definition) is 6. The van der Waals surface area contributed by atoms with Crippen molar-refractivity contribution in [2.24, 2.45) is 11.8 Å². The van der Waals surface area contributed by atoms with Gasteiger partial charge in [0.25, 0.3) is 0 Å². The zero-order valence-corrected chi connectivity index (χ0v) is 20.8. The zero-order chi connectivity index (χ0) is 24.8. The van der Waals surface area contributed by atoms with E-state index in [0.717, 1.165) is 41.7 Å². The average molecular weight is 479 g/mol. The van der Waals surface area contributed by atoms with Gasteiger partial charge in [0.15, 0.2) is 0 Å². The molecule has 1 atom stereocenters. The van der Waals surface area contributed by atoms with Crippen molar-refractivity contribution < 1.29 is 23.5 Å². The summed E-state index contributed by atoms with van der Waals surface area (Å²) in [5, 5.41) is 2.30. The van der Waals surface area contributed by atoms with Gasteiger partial charge in [-0.05, 0) is 61.9 Å². The van der Waals surface area contributed by atoms with Crippen LogP contribution in [0.5, 0.6) is 0 Å². The van der Waals surface area contributed by atoms with Crippen molar-refractivity contribution in [2.45, 2.75) is 46.5 Å². The molecule has 1 unspecified atom stereocenters. The molecule has 3 aromatic rings. The summed E-state index contributed by atoms with van der Waals surface area (Å²) < 4.78 is 16.7. The maximum atomic E-state index is 12.6. The van der Waals surface area contributed by atoms with Crippen molar-refractivity contribution >= 4 is 22.8 Å². The molecule has 2 aromatic carbocycles. The van der Waals surface area contributed by atoms with E-state index >= 15 is 0 Å². The molecule has 7 heteroatoms. The molecule has 0 radical (unpaired) electrons. The van der Waals surface area contributed by atoms with Crippen LogP contribution in [-0.2, 0) is 20.7 Å². The number of amides is 1. The Morgan fingerprint density at radius 2 is 1.83 bits per heavy atom. The molecule has 186 valence electrons. The molecule has 0 bridgehead atoms. The van der Waals surface area contributed by atoms with Gasteiger partial charge in [-0.25, -0.2) is 9.78 Å². The molecule has 7 nitrogen and oxygen atoms in total. The minimum Gasteiger partial charge on any atom is -0.466 e. The molecule has 1 aliphatic heterocycles. The minimum atomic E-state index is -0.316. The molecule has 0 spiro atoms. The van der Waals surface area contributed by atoms with Gasteiger partial charge in [-0.2, -0.15) is 0 Å². The summed E-state index contributed by atoms with van der Waals surface area (Å²) >= 11 is 0. The van der Waals surface area contributed by atoms with Crippen molar-refractivity contribution in [3.8, 4) is 11.5 Å². The number of fused-ring (bicyclic) bond motifs is 1. The molecule has 1 aliphatic rings. The number of hydrogen-bond donors (Lipinski definition) is 0. The number of carbonyl (C=O) groups excluding carboxylic acids is 2. The van der Waals surface area contributed by atoms with Gasteiger partial charge in [0, 0.05) is 25.1 Å². The fourth-order valence-electron chi connectivity index (χ4n) is 4.86. The van der Waals surface area contributed by atoms with Crippen molar-refractivity contribution in [1.82, 2.24) is 9.88 Å². The predicted octanol–water partition coefficient (Wildman–Crippen LogP) is 5.78. The van der Waals surface area contributed by atoms with Crippen molar-refractivity contribution in [3.05, 3.63) is 53.9 Å². The summed E-state index contributed by atoms with van der Waals surface area (Å²) in [5.74, 6) is 1.33. The number of aromatic nitrogens is 1. The van der Waals surface area contributed by atoms with E-state index in [2.05, 4.69) is 29.2 Å². The predicted molar refractivity (Wildman–Crippen MR) is 134 cm³/mol. The highest BCUT2D eigenvalue weighted by Crippen LogP contribution is 2.29. The lowest BCUT2D eigenvalue weighted by Gasteiger charge is -2.34. The Morgan fingerprint density at radius 1 is 1.09 bits per heavy atom. The molecular weight excluding hydrogens is 444 g/mol. The third kappa shape index (κ3) is 5.84. The molecule has 1 saturated heterocycles. The van der Waals surface area contributed by atoms with Crippen molar-refractivity contribution in [1.29, 1.82) is 0 Å². The summed E-state index contributed by atoms with van der Waals surface area (Å²) in [5.41, 5.74) is 1.71. The first-order valence-corrected chi connectivity index (χ1v) is 12.5. The van der Waals surface area contributed by atoms with Crippen LogP contribution in [0, 0.1) is 18.8 Å². The van der Waals surface area contributed by atoms with Crippen LogP contribution < -0.4 is 0 Å². The fourth-order valence-corrected chi connectivity index (χ4v) is 4.86. The summed E-state index contributed by atoms with van der Waals surface area (Å²) in [7, 11) is 0. The normalized spacial score (nSPS) is 15.2. The van der Waals surface area contributed by atoms with Gasteiger partial charge in [0.05, 0.1) is 24.8 Å². The van der Waals surface area contributed by atoms with Gasteiger partial charge in [0.2, 0.25) is 5.89 Å². The number of aryl methyl sites for hydroxylation is 1. The van der Waals surface area contributed by atoms with Gasteiger partial charge in [0.1, 0.15) is 5.76 Å². The standard InChI is InChI=1S/C28H34N2O5/c1-4-24(27(31)33-5-2)21-12-15-30(16-13-21)28(32)34-17-14-25-19(3)35-26(29-25)23-11-10-20-8-6-7-9-22(20)18-23/h6-11,18,21,24H,4-5,12-17H2,1-3H3. The molecule has 0 aliphatic carbocycles. The van der Waals surface area contributed by atoms with Gasteiger partial charge in [-0.15, -0.1) is 0 Å². The zero-order valence-electron chi connectivity index (χ0n) is 20.8. The van der Waals surface area contributed by atoms with Crippen LogP contribution in [0.2, 0.25) is 0 Å². The third-order valence-corrected chi connectivity index (χ3v) is 6.85. The van der Waals surface area contributed by atoms with E-state index in [0.29, 0.717) is 32.0 Å². The number of piperidine rings is 1. The number of likely N-dealkylation sites (tertiary alicyclic amines) is 1. The Bertz CT molecular complexity index is 1160. The highest BCUT2D eigenvalue weighted by Gasteiger charge is 2.32. The first-order valence-electron chi connectivity index (χ1n) is 12.5. The van der Waals surface area contributed by atoms with E-state index in [1.807, 2.05) is 39.0 Å². The minimum absolute atomic E-state index is 0.0972. The van der Waals surface area contributed by atoms with E-state index < -0.39 is 0 Å². The van der Waals surface area contributed by atoms with E-state index in [1.165, 1.54) is 5.39 Å². The SMILES string of the molecule is CCOC(=O)C(CC)C1CCN(C(=O)OCCc2nc(-c3ccc4ccccc4c3)oc2C)CC1. The first-order chi connectivity index (χ1) is 17.0. The fraction of sp³-hybridized carbons (Fsp3) is 0.464. The number of oxazole rings is 1. The largest absolute Gasteiger partial charge is 0.466 e. The first kappa shape index (κ1) is 24.8. The van der Waals surface area contributed by atoms with Crippen LogP contribution in [-0.4, -0.2) is 48.2 Å². The average Bonchev–Trinajstić information content (AvgIpc) is 3.25. The molecule has 1 amide bonds. The van der Waals surface area contributed by atoms with Crippen LogP contribution in [0.25, 0.3) is 22.2 Å². The molecule has 35 heavy (non-hydrogen) atoms. The van der Waals surface area contributed by atoms with Crippen molar-refractivity contribution in [2.75, 3.05) is 26.3 Å². The third-order valence-electron chi connectivity index (χ3n) is 6.85. The Balaban J connectivity index is 1.27. The van der Waals surface area contributed by atoms with Crippen LogP contribution in [0.1, 0.15) is 44.6 Å². The van der Waals surface area contributed by atoms with Crippen molar-refractivity contribution in [3.63, 3.8) is 0 Å². The number of ether oxygens (including phenoxy) is 2. The lowest BCUT2D eigenvalue weighted by atomic mass is 9.83. The molecule has 2 heterocycles. The second-order valence-electron chi connectivity index (χ2n) is 9.04. The van der Waals surface area contributed by atoms with Gasteiger partial charge in [-0.1, -0.05) is 37.3 Å². The smallest absolute Gasteiger partial charge is 0.409 e. The molecule has 0 N–H and O–H groups in total. The van der Waals surface area contributed by atoms with Gasteiger partial charge >= 0.3 is 12.1 Å². The van der Waals surface area contributed by atoms with Crippen LogP contribution in [0.4, 0.5) is 4.79 Å². The number of benzene rings is 2. The topological polar surface area (TPSA) is 81.9 Å². The second kappa shape index (κ2) is 11.4. The maximum absolute atomic E-state index is 12.6. The van der Waals surface area contributed by atoms with E-state index in [9.17, 15) is 9.59 Å². The summed E-state index contributed by atoms with van der Waals surface area (Å²) in [6.45, 7) is 7.54. The van der Waals surface area contributed by atoms with Crippen LogP contribution >= 0.6 is 0 Å². The Labute approximate surface area is 206 Å². The highest BCUT2D eigenvalue weighted by atomic mass is 16.6. The Hall–Kier alpha value is -3.35. The second-order valence-corrected chi connectivity index (χ2v) is 9.04. The Morgan fingerprint density at radius 3 is 2.54 bits per heavy atom. The number of esters is 1. The number of carbonyl (C=O) groups is 2. The van der Waals surface area contributed by atoms with E-state index in [4.69, 9.17) is 13.9 Å². The molecule has 0 saturated carbocycles. The highest BCUT2D eigenvalue weighted by molar-refractivity contribution is 5.86. The van der Waals surface area contributed by atoms with Gasteiger partial charge in [-0.3, -0.25) is 4.79 Å². The summed E-state index contributed by atoms with van der Waals surface area (Å²) in [6.07, 6.45) is 2.50.